The Hall–Kier alpha value is -6.94. The van der Waals surface area contributed by atoms with Gasteiger partial charge in [-0.3, -0.25) is 0 Å². The van der Waals surface area contributed by atoms with E-state index in [1.54, 1.807) is 30.9 Å². The van der Waals surface area contributed by atoms with Gasteiger partial charge in [-0.15, -0.1) is 0 Å². The molecule has 6 N–H and O–H groups in total. The van der Waals surface area contributed by atoms with E-state index in [9.17, 15) is 0 Å². The van der Waals surface area contributed by atoms with E-state index in [0.717, 1.165) is 79.3 Å². The number of nitrogen functional groups attached to an aromatic ring is 2. The lowest BCUT2D eigenvalue weighted by Gasteiger charge is -2.18. The molecule has 1 aliphatic heterocycles. The molecule has 13 nitrogen and oxygen atoms in total. The highest BCUT2D eigenvalue weighted by Gasteiger charge is 2.14. The van der Waals surface area contributed by atoms with Crippen LogP contribution in [0.3, 0.4) is 0 Å². The molecular formula is C46H43Br2N13. The number of hydrogen-bond donors (Lipinski definition) is 3. The van der Waals surface area contributed by atoms with Crippen molar-refractivity contribution in [2.24, 2.45) is 10.7 Å². The van der Waals surface area contributed by atoms with Crippen LogP contribution in [0.5, 0.6) is 0 Å². The van der Waals surface area contributed by atoms with Gasteiger partial charge in [0.15, 0.2) is 0 Å². The van der Waals surface area contributed by atoms with Crippen molar-refractivity contribution < 1.29 is 0 Å². The van der Waals surface area contributed by atoms with Crippen molar-refractivity contribution in [2.75, 3.05) is 11.5 Å². The highest BCUT2D eigenvalue weighted by Crippen LogP contribution is 2.20. The fourth-order valence-corrected chi connectivity index (χ4v) is 6.87. The molecule has 10 aromatic rings. The number of benzene rings is 2. The zero-order chi connectivity index (χ0) is 42.4. The molecule has 0 saturated carbocycles. The number of nitrogens with two attached hydrogens (primary N) is 3. The van der Waals surface area contributed by atoms with E-state index in [0.29, 0.717) is 11.9 Å². The first-order chi connectivity index (χ1) is 29.8. The fourth-order valence-electron chi connectivity index (χ4n) is 6.19. The summed E-state index contributed by atoms with van der Waals surface area (Å²) in [5.41, 5.74) is 24.2. The molecule has 0 bridgehead atoms. The summed E-state index contributed by atoms with van der Waals surface area (Å²) in [6, 6.07) is 36.0. The fraction of sp³-hybridized carbons (Fsp3) is 0.0870. The first-order valence-corrected chi connectivity index (χ1v) is 20.9. The summed E-state index contributed by atoms with van der Waals surface area (Å²) in [7, 11) is 0. The Morgan fingerprint density at radius 1 is 0.557 bits per heavy atom. The molecule has 2 aromatic carbocycles. The van der Waals surface area contributed by atoms with Gasteiger partial charge in [0.2, 0.25) is 0 Å². The molecule has 0 amide bonds. The Morgan fingerprint density at radius 3 is 1.72 bits per heavy atom. The SMILES string of the molecule is Brc1ccn2ccnc2c1.NC1CCn2ccnc2C1.Nc1cc(Br)ccn1.Nc1ccn2ccnc2c1.c1ccc(C(=Nc2ccn3ccnc3c2)c2ccccc2)cc1. The van der Waals surface area contributed by atoms with Crippen molar-refractivity contribution in [1.29, 1.82) is 0 Å². The molecule has 9 heterocycles. The van der Waals surface area contributed by atoms with Gasteiger partial charge in [0.05, 0.1) is 11.4 Å². The molecule has 8 aromatic heterocycles. The lowest BCUT2D eigenvalue weighted by molar-refractivity contribution is 0.463. The second-order valence-electron chi connectivity index (χ2n) is 13.6. The molecule has 0 aliphatic carbocycles. The summed E-state index contributed by atoms with van der Waals surface area (Å²) >= 11 is 6.61. The molecule has 1 unspecified atom stereocenters. The number of rotatable bonds is 3. The maximum atomic E-state index is 5.76. The highest BCUT2D eigenvalue weighted by molar-refractivity contribution is 9.10. The molecule has 1 aliphatic rings. The summed E-state index contributed by atoms with van der Waals surface area (Å²) in [5.74, 6) is 1.68. The Morgan fingerprint density at radius 2 is 1.11 bits per heavy atom. The van der Waals surface area contributed by atoms with E-state index in [1.165, 1.54) is 0 Å². The van der Waals surface area contributed by atoms with Gasteiger partial charge in [-0.2, -0.15) is 0 Å². The molecule has 306 valence electrons. The predicted octanol–water partition coefficient (Wildman–Crippen LogP) is 9.10. The largest absolute Gasteiger partial charge is 0.399 e. The quantitative estimate of drug-likeness (QED) is 0.147. The number of pyridine rings is 4. The Labute approximate surface area is 369 Å². The maximum Gasteiger partial charge on any atom is 0.138 e. The Kier molecular flexibility index (Phi) is 14.4. The average molecular weight is 938 g/mol. The monoisotopic (exact) mass is 935 g/mol. The van der Waals surface area contributed by atoms with Crippen molar-refractivity contribution in [3.63, 3.8) is 0 Å². The number of halogens is 2. The van der Waals surface area contributed by atoms with Crippen LogP contribution in [0.25, 0.3) is 16.9 Å². The predicted molar refractivity (Wildman–Crippen MR) is 251 cm³/mol. The minimum atomic E-state index is 0.329. The number of aryl methyl sites for hydroxylation is 1. The second kappa shape index (κ2) is 20.8. The van der Waals surface area contributed by atoms with Crippen molar-refractivity contribution in [2.45, 2.75) is 25.4 Å². The van der Waals surface area contributed by atoms with E-state index in [2.05, 4.69) is 85.6 Å². The van der Waals surface area contributed by atoms with E-state index < -0.39 is 0 Å². The second-order valence-corrected chi connectivity index (χ2v) is 15.5. The molecule has 61 heavy (non-hydrogen) atoms. The first kappa shape index (κ1) is 42.2. The third-order valence-electron chi connectivity index (χ3n) is 9.23. The maximum absolute atomic E-state index is 5.76. The van der Waals surface area contributed by atoms with E-state index in [1.807, 2.05) is 142 Å². The van der Waals surface area contributed by atoms with Gasteiger partial charge in [-0.25, -0.2) is 29.9 Å². The summed E-state index contributed by atoms with van der Waals surface area (Å²) in [4.78, 5) is 25.4. The van der Waals surface area contributed by atoms with Crippen molar-refractivity contribution in [3.8, 4) is 0 Å². The van der Waals surface area contributed by atoms with Gasteiger partial charge in [0, 0.05) is 131 Å². The number of imidazole rings is 4. The average Bonchev–Trinajstić information content (AvgIpc) is 4.12. The van der Waals surface area contributed by atoms with Gasteiger partial charge in [-0.05, 0) is 42.8 Å². The van der Waals surface area contributed by atoms with Crippen molar-refractivity contribution in [1.82, 2.24) is 42.7 Å². The summed E-state index contributed by atoms with van der Waals surface area (Å²) < 4.78 is 10.0. The lowest BCUT2D eigenvalue weighted by Crippen LogP contribution is -2.30. The van der Waals surface area contributed by atoms with E-state index in [-0.39, 0.29) is 0 Å². The molecule has 1 atom stereocenters. The van der Waals surface area contributed by atoms with Crippen molar-refractivity contribution >= 4 is 71.7 Å². The number of nitrogens with zero attached hydrogens (tertiary/aromatic N) is 10. The number of anilines is 2. The molecule has 11 rings (SSSR count). The summed E-state index contributed by atoms with van der Waals surface area (Å²) in [6.45, 7) is 1.04. The third-order valence-corrected chi connectivity index (χ3v) is 10.2. The van der Waals surface area contributed by atoms with Crippen LogP contribution in [0.4, 0.5) is 17.2 Å². The molecular weight excluding hydrogens is 894 g/mol. The lowest BCUT2D eigenvalue weighted by atomic mass is 10.0. The first-order valence-electron chi connectivity index (χ1n) is 19.3. The third kappa shape index (κ3) is 12.1. The van der Waals surface area contributed by atoms with Crippen LogP contribution < -0.4 is 17.2 Å². The minimum Gasteiger partial charge on any atom is -0.399 e. The smallest absolute Gasteiger partial charge is 0.138 e. The topological polar surface area (TPSA) is 173 Å². The molecule has 15 heteroatoms. The highest BCUT2D eigenvalue weighted by atomic mass is 79.9. The van der Waals surface area contributed by atoms with Gasteiger partial charge >= 0.3 is 0 Å². The van der Waals surface area contributed by atoms with Crippen LogP contribution in [0.15, 0.2) is 197 Å². The van der Waals surface area contributed by atoms with Crippen LogP contribution >= 0.6 is 31.9 Å². The minimum absolute atomic E-state index is 0.329. The zero-order valence-electron chi connectivity index (χ0n) is 33.0. The summed E-state index contributed by atoms with van der Waals surface area (Å²) in [5, 5.41) is 0. The zero-order valence-corrected chi connectivity index (χ0v) is 36.2. The van der Waals surface area contributed by atoms with Crippen LogP contribution in [0.2, 0.25) is 0 Å². The van der Waals surface area contributed by atoms with Gasteiger partial charge < -0.3 is 35.0 Å². The Bertz CT molecular complexity index is 2810. The molecule has 0 radical (unpaired) electrons. The molecule has 0 fully saturated rings. The van der Waals surface area contributed by atoms with Crippen LogP contribution in [-0.4, -0.2) is 54.4 Å². The standard InChI is InChI=1S/C20H15N3.C7H5BrN2.C7H11N3.C7H7N3.C5H5BrN2/c1-3-7-16(8-4-1)20(17-9-5-2-6-10-17)22-18-11-13-23-14-12-21-19(23)15-18;3*8-6-1-3-10-4-2-9-7(10)5-6;6-4-1-2-8-5(7)3-4/h1-15H;1-5H;2,4,6H,1,3,5,8H2;1-5H,8H2;1-3H,(H2,7,8). The molecule has 0 spiro atoms. The number of hydrogen-bond acceptors (Lipinski definition) is 9. The Balaban J connectivity index is 0.000000124. The van der Waals surface area contributed by atoms with Crippen molar-refractivity contribution in [3.05, 3.63) is 209 Å². The van der Waals surface area contributed by atoms with Gasteiger partial charge in [0.25, 0.3) is 0 Å². The molecule has 0 saturated heterocycles. The number of aromatic nitrogens is 9. The van der Waals surface area contributed by atoms with Gasteiger partial charge in [0.1, 0.15) is 28.6 Å². The van der Waals surface area contributed by atoms with Crippen LogP contribution in [0.1, 0.15) is 23.4 Å². The summed E-state index contributed by atoms with van der Waals surface area (Å²) in [6.07, 6.45) is 24.4. The van der Waals surface area contributed by atoms with Crippen LogP contribution in [-0.2, 0) is 13.0 Å². The number of fused-ring (bicyclic) bond motifs is 4. The van der Waals surface area contributed by atoms with Crippen LogP contribution in [0, 0.1) is 0 Å². The van der Waals surface area contributed by atoms with E-state index >= 15 is 0 Å². The van der Waals surface area contributed by atoms with Gasteiger partial charge in [-0.1, -0.05) is 92.5 Å². The normalized spacial score (nSPS) is 12.6. The van der Waals surface area contributed by atoms with E-state index in [4.69, 9.17) is 22.2 Å². The number of aliphatic imine (C=N–C) groups is 1.